The first-order valence-corrected chi connectivity index (χ1v) is 6.55. The van der Waals surface area contributed by atoms with E-state index >= 15 is 0 Å². The van der Waals surface area contributed by atoms with Crippen molar-refractivity contribution in [2.45, 2.75) is 25.9 Å². The largest absolute Gasteiger partial charge is 0.393 e. The molecule has 0 fully saturated rings. The predicted molar refractivity (Wildman–Crippen MR) is 71.7 cm³/mol. The van der Waals surface area contributed by atoms with E-state index in [1.165, 1.54) is 6.07 Å². The third kappa shape index (κ3) is 4.74. The number of hydrogen-bond donors (Lipinski definition) is 1. The van der Waals surface area contributed by atoms with E-state index in [1.807, 2.05) is 0 Å². The van der Waals surface area contributed by atoms with Crippen LogP contribution in [0.4, 0.5) is 4.39 Å². The van der Waals surface area contributed by atoms with Crippen molar-refractivity contribution >= 4 is 21.8 Å². The molecule has 0 bridgehead atoms. The highest BCUT2D eigenvalue weighted by molar-refractivity contribution is 9.10. The van der Waals surface area contributed by atoms with Crippen molar-refractivity contribution in [3.8, 4) is 0 Å². The van der Waals surface area contributed by atoms with Crippen LogP contribution in [0.1, 0.15) is 18.9 Å². The molecule has 0 heterocycles. The van der Waals surface area contributed by atoms with E-state index in [0.29, 0.717) is 17.4 Å². The van der Waals surface area contributed by atoms with Crippen molar-refractivity contribution in [1.82, 2.24) is 4.90 Å². The summed E-state index contributed by atoms with van der Waals surface area (Å²) in [4.78, 5) is 13.4. The molecule has 0 radical (unpaired) electrons. The van der Waals surface area contributed by atoms with Crippen molar-refractivity contribution in [3.63, 3.8) is 0 Å². The normalized spacial score (nSPS) is 12.3. The summed E-state index contributed by atoms with van der Waals surface area (Å²) in [5.74, 6) is -0.386. The smallest absolute Gasteiger partial charge is 0.226 e. The number of likely N-dealkylation sites (N-methyl/N-ethyl adjacent to an activating group) is 1. The number of hydrogen-bond acceptors (Lipinski definition) is 2. The zero-order valence-corrected chi connectivity index (χ0v) is 12.1. The molecule has 0 aliphatic heterocycles. The fourth-order valence-corrected chi connectivity index (χ4v) is 1.89. The molecule has 5 heteroatoms. The molecule has 0 aliphatic carbocycles. The zero-order chi connectivity index (χ0) is 13.7. The molecule has 1 aromatic rings. The van der Waals surface area contributed by atoms with Crippen LogP contribution in [0.5, 0.6) is 0 Å². The third-order valence-electron chi connectivity index (χ3n) is 2.65. The van der Waals surface area contributed by atoms with E-state index in [9.17, 15) is 9.18 Å². The lowest BCUT2D eigenvalue weighted by Gasteiger charge is -2.18. The number of aliphatic hydroxyl groups excluding tert-OH is 1. The molecule has 0 saturated carbocycles. The average Bonchev–Trinajstić information content (AvgIpc) is 2.30. The Balaban J connectivity index is 2.55. The van der Waals surface area contributed by atoms with Gasteiger partial charge in [0.25, 0.3) is 0 Å². The number of benzene rings is 1. The molecule has 1 N–H and O–H groups in total. The lowest BCUT2D eigenvalue weighted by Crippen LogP contribution is -2.30. The Morgan fingerprint density at radius 1 is 1.56 bits per heavy atom. The van der Waals surface area contributed by atoms with E-state index < -0.39 is 6.10 Å². The van der Waals surface area contributed by atoms with Crippen LogP contribution < -0.4 is 0 Å². The van der Waals surface area contributed by atoms with Gasteiger partial charge in [-0.1, -0.05) is 6.07 Å². The van der Waals surface area contributed by atoms with Gasteiger partial charge in [-0.15, -0.1) is 0 Å². The number of halogens is 2. The SMILES string of the molecule is CC(O)CCN(C)C(=O)Cc1ccc(F)c(Br)c1. The Morgan fingerprint density at radius 3 is 2.78 bits per heavy atom. The summed E-state index contributed by atoms with van der Waals surface area (Å²) in [5.41, 5.74) is 0.761. The monoisotopic (exact) mass is 317 g/mol. The Bertz CT molecular complexity index is 423. The Kier molecular flexibility index (Phi) is 5.75. The molecule has 1 atom stereocenters. The Morgan fingerprint density at radius 2 is 2.22 bits per heavy atom. The minimum absolute atomic E-state index is 0.0471. The quantitative estimate of drug-likeness (QED) is 0.905. The number of amides is 1. The van der Waals surface area contributed by atoms with E-state index in [0.717, 1.165) is 5.56 Å². The van der Waals surface area contributed by atoms with Gasteiger partial charge in [-0.25, -0.2) is 4.39 Å². The van der Waals surface area contributed by atoms with Gasteiger partial charge < -0.3 is 10.0 Å². The van der Waals surface area contributed by atoms with E-state index in [1.54, 1.807) is 31.0 Å². The summed E-state index contributed by atoms with van der Waals surface area (Å²) in [5, 5.41) is 9.15. The molecule has 1 unspecified atom stereocenters. The molecule has 18 heavy (non-hydrogen) atoms. The van der Waals surface area contributed by atoms with Gasteiger partial charge in [0, 0.05) is 13.6 Å². The van der Waals surface area contributed by atoms with Crippen molar-refractivity contribution in [2.24, 2.45) is 0 Å². The van der Waals surface area contributed by atoms with Gasteiger partial charge >= 0.3 is 0 Å². The lowest BCUT2D eigenvalue weighted by atomic mass is 10.1. The van der Waals surface area contributed by atoms with Gasteiger partial charge in [-0.2, -0.15) is 0 Å². The van der Waals surface area contributed by atoms with Crippen LogP contribution in [-0.4, -0.2) is 35.6 Å². The Labute approximate surface area is 115 Å². The molecule has 0 spiro atoms. The van der Waals surface area contributed by atoms with Crippen LogP contribution in [0.3, 0.4) is 0 Å². The van der Waals surface area contributed by atoms with Gasteiger partial charge in [0.15, 0.2) is 0 Å². The summed E-state index contributed by atoms with van der Waals surface area (Å²) in [6.07, 6.45) is 0.366. The van der Waals surface area contributed by atoms with E-state index in [2.05, 4.69) is 15.9 Å². The van der Waals surface area contributed by atoms with Crippen molar-refractivity contribution < 1.29 is 14.3 Å². The first-order valence-electron chi connectivity index (χ1n) is 5.76. The lowest BCUT2D eigenvalue weighted by molar-refractivity contribution is -0.129. The second-order valence-electron chi connectivity index (χ2n) is 4.38. The van der Waals surface area contributed by atoms with Crippen LogP contribution in [0.25, 0.3) is 0 Å². The van der Waals surface area contributed by atoms with Gasteiger partial charge in [-0.3, -0.25) is 4.79 Å². The molecule has 0 aliphatic rings. The van der Waals surface area contributed by atoms with Crippen molar-refractivity contribution in [3.05, 3.63) is 34.1 Å². The highest BCUT2D eigenvalue weighted by Crippen LogP contribution is 2.17. The number of carbonyl (C=O) groups excluding carboxylic acids is 1. The van der Waals surface area contributed by atoms with Gasteiger partial charge in [0.05, 0.1) is 17.0 Å². The topological polar surface area (TPSA) is 40.5 Å². The molecule has 1 aromatic carbocycles. The molecule has 0 saturated heterocycles. The second kappa shape index (κ2) is 6.85. The maximum atomic E-state index is 13.0. The fraction of sp³-hybridized carbons (Fsp3) is 0.462. The van der Waals surface area contributed by atoms with Crippen LogP contribution in [0, 0.1) is 5.82 Å². The first kappa shape index (κ1) is 15.1. The minimum atomic E-state index is -0.416. The molecule has 1 rings (SSSR count). The van der Waals surface area contributed by atoms with Crippen LogP contribution in [0.15, 0.2) is 22.7 Å². The van der Waals surface area contributed by atoms with E-state index in [4.69, 9.17) is 5.11 Å². The zero-order valence-electron chi connectivity index (χ0n) is 10.5. The Hall–Kier alpha value is -0.940. The predicted octanol–water partition coefficient (Wildman–Crippen LogP) is 2.36. The summed E-state index contributed by atoms with van der Waals surface area (Å²) in [7, 11) is 1.70. The van der Waals surface area contributed by atoms with Crippen molar-refractivity contribution in [2.75, 3.05) is 13.6 Å². The molecule has 3 nitrogen and oxygen atoms in total. The number of rotatable bonds is 5. The molecule has 100 valence electrons. The summed E-state index contributed by atoms with van der Waals surface area (Å²) in [6.45, 7) is 2.20. The van der Waals surface area contributed by atoms with Crippen molar-refractivity contribution in [1.29, 1.82) is 0 Å². The average molecular weight is 318 g/mol. The third-order valence-corrected chi connectivity index (χ3v) is 3.26. The fourth-order valence-electron chi connectivity index (χ4n) is 1.46. The minimum Gasteiger partial charge on any atom is -0.393 e. The highest BCUT2D eigenvalue weighted by Gasteiger charge is 2.11. The summed E-state index contributed by atoms with van der Waals surface area (Å²) >= 11 is 3.09. The van der Waals surface area contributed by atoms with Crippen LogP contribution in [0.2, 0.25) is 0 Å². The van der Waals surface area contributed by atoms with Gasteiger partial charge in [0.1, 0.15) is 5.82 Å². The highest BCUT2D eigenvalue weighted by atomic mass is 79.9. The number of aliphatic hydroxyl groups is 1. The van der Waals surface area contributed by atoms with E-state index in [-0.39, 0.29) is 18.1 Å². The maximum absolute atomic E-state index is 13.0. The van der Waals surface area contributed by atoms with Gasteiger partial charge in [0.2, 0.25) is 5.91 Å². The molecule has 0 aromatic heterocycles. The molecule has 1 amide bonds. The standard InChI is InChI=1S/C13H17BrFNO2/c1-9(17)5-6-16(2)13(18)8-10-3-4-12(15)11(14)7-10/h3-4,7,9,17H,5-6,8H2,1-2H3. The van der Waals surface area contributed by atoms with Crippen LogP contribution in [-0.2, 0) is 11.2 Å². The maximum Gasteiger partial charge on any atom is 0.226 e. The summed E-state index contributed by atoms with van der Waals surface area (Å²) in [6, 6.07) is 4.54. The second-order valence-corrected chi connectivity index (χ2v) is 5.23. The van der Waals surface area contributed by atoms with Gasteiger partial charge in [-0.05, 0) is 47.0 Å². The first-order chi connectivity index (χ1) is 8.40. The molecular formula is C13H17BrFNO2. The number of nitrogens with zero attached hydrogens (tertiary/aromatic N) is 1. The number of carbonyl (C=O) groups is 1. The summed E-state index contributed by atoms with van der Waals surface area (Å²) < 4.78 is 13.4. The van der Waals surface area contributed by atoms with Crippen LogP contribution >= 0.6 is 15.9 Å². The molecular weight excluding hydrogens is 301 g/mol.